The van der Waals surface area contributed by atoms with Crippen molar-refractivity contribution in [3.8, 4) is 0 Å². The summed E-state index contributed by atoms with van der Waals surface area (Å²) >= 11 is 12.1. The van der Waals surface area contributed by atoms with Gasteiger partial charge in [-0.1, -0.05) is 59.6 Å². The standard InChI is InChI=1S/C19H16Cl2N4O/c20-15-7-4-8-16(17(15)21)25-19-23-11-14(12-24-19)18(26)22-10-9-13-5-2-1-3-6-13/h1-8,11-12H,9-10H2,(H,22,26)(H,23,24,25). The molecule has 3 aromatic rings. The van der Waals surface area contributed by atoms with E-state index in [0.717, 1.165) is 6.42 Å². The number of nitrogens with one attached hydrogen (secondary N) is 2. The first-order chi connectivity index (χ1) is 12.6. The SMILES string of the molecule is O=C(NCCc1ccccc1)c1cnc(Nc2cccc(Cl)c2Cl)nc1. The van der Waals surface area contributed by atoms with Crippen LogP contribution in [-0.4, -0.2) is 22.4 Å². The highest BCUT2D eigenvalue weighted by molar-refractivity contribution is 6.43. The summed E-state index contributed by atoms with van der Waals surface area (Å²) in [6.45, 7) is 0.543. The summed E-state index contributed by atoms with van der Waals surface area (Å²) in [7, 11) is 0. The number of carbonyl (C=O) groups is 1. The summed E-state index contributed by atoms with van der Waals surface area (Å²) in [4.78, 5) is 20.4. The molecular weight excluding hydrogens is 371 g/mol. The molecule has 2 N–H and O–H groups in total. The Morgan fingerprint density at radius 1 is 0.962 bits per heavy atom. The molecule has 1 aromatic heterocycles. The zero-order chi connectivity index (χ0) is 18.4. The third-order valence-electron chi connectivity index (χ3n) is 3.65. The summed E-state index contributed by atoms with van der Waals surface area (Å²) in [6, 6.07) is 15.2. The van der Waals surface area contributed by atoms with Crippen LogP contribution in [0.3, 0.4) is 0 Å². The molecule has 3 rings (SSSR count). The van der Waals surface area contributed by atoms with E-state index in [0.29, 0.717) is 33.8 Å². The van der Waals surface area contributed by atoms with Gasteiger partial charge in [0.25, 0.3) is 5.91 Å². The number of amides is 1. The molecule has 2 aromatic carbocycles. The molecule has 1 heterocycles. The zero-order valence-electron chi connectivity index (χ0n) is 13.7. The summed E-state index contributed by atoms with van der Waals surface area (Å²) in [5.74, 6) is 0.114. The molecule has 7 heteroatoms. The number of hydrogen-bond acceptors (Lipinski definition) is 4. The minimum Gasteiger partial charge on any atom is -0.352 e. The average Bonchev–Trinajstić information content (AvgIpc) is 2.67. The Morgan fingerprint density at radius 3 is 2.42 bits per heavy atom. The molecule has 26 heavy (non-hydrogen) atoms. The molecule has 0 aliphatic rings. The van der Waals surface area contributed by atoms with Crippen molar-refractivity contribution >= 4 is 40.7 Å². The fourth-order valence-electron chi connectivity index (χ4n) is 2.30. The lowest BCUT2D eigenvalue weighted by Crippen LogP contribution is -2.26. The molecule has 5 nitrogen and oxygen atoms in total. The van der Waals surface area contributed by atoms with Crippen LogP contribution in [0.25, 0.3) is 0 Å². The van der Waals surface area contributed by atoms with E-state index < -0.39 is 0 Å². The van der Waals surface area contributed by atoms with Crippen molar-refractivity contribution in [2.24, 2.45) is 0 Å². The van der Waals surface area contributed by atoms with Crippen molar-refractivity contribution in [2.75, 3.05) is 11.9 Å². The highest BCUT2D eigenvalue weighted by Crippen LogP contribution is 2.30. The largest absolute Gasteiger partial charge is 0.352 e. The first-order valence-corrected chi connectivity index (χ1v) is 8.74. The van der Waals surface area contributed by atoms with Crippen LogP contribution in [-0.2, 0) is 6.42 Å². The van der Waals surface area contributed by atoms with Crippen LogP contribution in [0, 0.1) is 0 Å². The van der Waals surface area contributed by atoms with Crippen molar-refractivity contribution in [1.29, 1.82) is 0 Å². The minimum absolute atomic E-state index is 0.215. The van der Waals surface area contributed by atoms with Crippen LogP contribution in [0.15, 0.2) is 60.9 Å². The maximum atomic E-state index is 12.2. The Morgan fingerprint density at radius 2 is 1.69 bits per heavy atom. The Bertz CT molecular complexity index is 886. The third-order valence-corrected chi connectivity index (χ3v) is 4.47. The number of nitrogens with zero attached hydrogens (tertiary/aromatic N) is 2. The predicted octanol–water partition coefficient (Wildman–Crippen LogP) is 4.50. The molecule has 1 amide bonds. The third kappa shape index (κ3) is 4.71. The van der Waals surface area contributed by atoms with Gasteiger partial charge in [-0.05, 0) is 24.1 Å². The lowest BCUT2D eigenvalue weighted by atomic mass is 10.1. The lowest BCUT2D eigenvalue weighted by molar-refractivity contribution is 0.0953. The van der Waals surface area contributed by atoms with E-state index in [1.807, 2.05) is 30.3 Å². The van der Waals surface area contributed by atoms with Crippen molar-refractivity contribution < 1.29 is 4.79 Å². The van der Waals surface area contributed by atoms with Gasteiger partial charge in [-0.25, -0.2) is 9.97 Å². The Labute approximate surface area is 161 Å². The summed E-state index contributed by atoms with van der Waals surface area (Å²) < 4.78 is 0. The number of anilines is 2. The average molecular weight is 387 g/mol. The number of halogens is 2. The van der Waals surface area contributed by atoms with E-state index >= 15 is 0 Å². The van der Waals surface area contributed by atoms with E-state index in [2.05, 4.69) is 20.6 Å². The highest BCUT2D eigenvalue weighted by atomic mass is 35.5. The number of benzene rings is 2. The van der Waals surface area contributed by atoms with Crippen LogP contribution in [0.1, 0.15) is 15.9 Å². The number of aromatic nitrogens is 2. The second-order valence-corrected chi connectivity index (χ2v) is 6.30. The quantitative estimate of drug-likeness (QED) is 0.654. The molecule has 0 saturated heterocycles. The molecule has 0 atom stereocenters. The van der Waals surface area contributed by atoms with Crippen LogP contribution >= 0.6 is 23.2 Å². The van der Waals surface area contributed by atoms with E-state index in [-0.39, 0.29) is 5.91 Å². The molecule has 0 aliphatic carbocycles. The van der Waals surface area contributed by atoms with Gasteiger partial charge >= 0.3 is 0 Å². The predicted molar refractivity (Wildman–Crippen MR) is 104 cm³/mol. The molecule has 132 valence electrons. The normalized spacial score (nSPS) is 10.4. The van der Waals surface area contributed by atoms with Gasteiger partial charge in [-0.3, -0.25) is 4.79 Å². The number of carbonyl (C=O) groups excluding carboxylic acids is 1. The van der Waals surface area contributed by atoms with Crippen LogP contribution < -0.4 is 10.6 Å². The Balaban J connectivity index is 1.56. The minimum atomic E-state index is -0.215. The first-order valence-electron chi connectivity index (χ1n) is 7.98. The smallest absolute Gasteiger partial charge is 0.254 e. The fraction of sp³-hybridized carbons (Fsp3) is 0.105. The molecule has 0 bridgehead atoms. The van der Waals surface area contributed by atoms with Gasteiger partial charge in [-0.2, -0.15) is 0 Å². The maximum Gasteiger partial charge on any atom is 0.254 e. The molecule has 0 saturated carbocycles. The van der Waals surface area contributed by atoms with Gasteiger partial charge in [0.2, 0.25) is 5.95 Å². The maximum absolute atomic E-state index is 12.2. The van der Waals surface area contributed by atoms with Crippen molar-refractivity contribution in [3.05, 3.63) is 82.1 Å². The lowest BCUT2D eigenvalue weighted by Gasteiger charge is -2.08. The fourth-order valence-corrected chi connectivity index (χ4v) is 2.65. The van der Waals surface area contributed by atoms with Crippen molar-refractivity contribution in [3.63, 3.8) is 0 Å². The van der Waals surface area contributed by atoms with Crippen LogP contribution in [0.5, 0.6) is 0 Å². The van der Waals surface area contributed by atoms with Gasteiger partial charge in [-0.15, -0.1) is 0 Å². The second-order valence-electron chi connectivity index (χ2n) is 5.51. The van der Waals surface area contributed by atoms with E-state index in [1.54, 1.807) is 18.2 Å². The summed E-state index contributed by atoms with van der Waals surface area (Å²) in [5.41, 5.74) is 2.15. The molecule has 0 spiro atoms. The van der Waals surface area contributed by atoms with E-state index in [4.69, 9.17) is 23.2 Å². The van der Waals surface area contributed by atoms with Gasteiger partial charge in [0, 0.05) is 18.9 Å². The molecule has 0 fully saturated rings. The molecule has 0 unspecified atom stereocenters. The van der Waals surface area contributed by atoms with Crippen LogP contribution in [0.4, 0.5) is 11.6 Å². The highest BCUT2D eigenvalue weighted by Gasteiger charge is 2.09. The van der Waals surface area contributed by atoms with Gasteiger partial charge in [0.05, 0.1) is 21.3 Å². The van der Waals surface area contributed by atoms with Gasteiger partial charge in [0.1, 0.15) is 0 Å². The summed E-state index contributed by atoms with van der Waals surface area (Å²) in [6.07, 6.45) is 3.69. The molecule has 0 aliphatic heterocycles. The van der Waals surface area contributed by atoms with Crippen LogP contribution in [0.2, 0.25) is 10.0 Å². The van der Waals surface area contributed by atoms with Crippen molar-refractivity contribution in [1.82, 2.24) is 15.3 Å². The number of hydrogen-bond donors (Lipinski definition) is 2. The Hall–Kier alpha value is -2.63. The summed E-state index contributed by atoms with van der Waals surface area (Å²) in [5, 5.41) is 6.65. The van der Waals surface area contributed by atoms with Gasteiger partial charge in [0.15, 0.2) is 0 Å². The molecular formula is C19H16Cl2N4O. The zero-order valence-corrected chi connectivity index (χ0v) is 15.3. The monoisotopic (exact) mass is 386 g/mol. The Kier molecular flexibility index (Phi) is 6.04. The van der Waals surface area contributed by atoms with Crippen molar-refractivity contribution in [2.45, 2.75) is 6.42 Å². The van der Waals surface area contributed by atoms with Gasteiger partial charge < -0.3 is 10.6 Å². The number of rotatable bonds is 6. The van der Waals surface area contributed by atoms with E-state index in [9.17, 15) is 4.79 Å². The first kappa shape index (κ1) is 18.2. The second kappa shape index (κ2) is 8.65. The molecule has 0 radical (unpaired) electrons. The van der Waals surface area contributed by atoms with E-state index in [1.165, 1.54) is 18.0 Å². The topological polar surface area (TPSA) is 66.9 Å².